The summed E-state index contributed by atoms with van der Waals surface area (Å²) in [6, 6.07) is 5.75. The van der Waals surface area contributed by atoms with E-state index in [1.807, 2.05) is 25.1 Å². The van der Waals surface area contributed by atoms with Gasteiger partial charge in [-0.15, -0.1) is 24.2 Å². The Bertz CT molecular complexity index is 323. The van der Waals surface area contributed by atoms with Crippen LogP contribution in [0.15, 0.2) is 23.1 Å². The molecule has 0 aromatic heterocycles. The van der Waals surface area contributed by atoms with E-state index < -0.39 is 0 Å². The van der Waals surface area contributed by atoms with Crippen LogP contribution >= 0.6 is 24.2 Å². The standard InChI is InChI=1S/C10H11ClOS/c1-7-4-10(13)3-2-8(7)5-9(12)6-11/h2-4,13H,5-6H2,1H3. The number of rotatable bonds is 3. The summed E-state index contributed by atoms with van der Waals surface area (Å²) in [6.45, 7) is 1.97. The molecule has 13 heavy (non-hydrogen) atoms. The van der Waals surface area contributed by atoms with Crippen LogP contribution in [-0.2, 0) is 11.2 Å². The van der Waals surface area contributed by atoms with Gasteiger partial charge in [0.1, 0.15) is 0 Å². The minimum atomic E-state index is 0.0525. The van der Waals surface area contributed by atoms with Crippen molar-refractivity contribution in [1.82, 2.24) is 0 Å². The largest absolute Gasteiger partial charge is 0.298 e. The summed E-state index contributed by atoms with van der Waals surface area (Å²) in [7, 11) is 0. The van der Waals surface area contributed by atoms with Gasteiger partial charge in [-0.1, -0.05) is 6.07 Å². The van der Waals surface area contributed by atoms with Crippen molar-refractivity contribution in [3.05, 3.63) is 29.3 Å². The van der Waals surface area contributed by atoms with Crippen molar-refractivity contribution in [3.8, 4) is 0 Å². The van der Waals surface area contributed by atoms with Gasteiger partial charge in [0.25, 0.3) is 0 Å². The first-order chi connectivity index (χ1) is 6.13. The fraction of sp³-hybridized carbons (Fsp3) is 0.300. The molecule has 0 fully saturated rings. The van der Waals surface area contributed by atoms with Crippen LogP contribution in [-0.4, -0.2) is 11.7 Å². The predicted octanol–water partition coefficient (Wildman–Crippen LogP) is 2.63. The molecule has 0 saturated carbocycles. The van der Waals surface area contributed by atoms with E-state index in [1.54, 1.807) is 0 Å². The Morgan fingerprint density at radius 2 is 2.23 bits per heavy atom. The number of thiol groups is 1. The fourth-order valence-electron chi connectivity index (χ4n) is 1.14. The van der Waals surface area contributed by atoms with E-state index in [2.05, 4.69) is 12.6 Å². The molecule has 1 nitrogen and oxygen atoms in total. The van der Waals surface area contributed by atoms with Gasteiger partial charge in [-0.3, -0.25) is 4.79 Å². The molecule has 0 unspecified atom stereocenters. The topological polar surface area (TPSA) is 17.1 Å². The number of carbonyl (C=O) groups is 1. The monoisotopic (exact) mass is 214 g/mol. The summed E-state index contributed by atoms with van der Waals surface area (Å²) in [5, 5.41) is 0. The van der Waals surface area contributed by atoms with Crippen molar-refractivity contribution >= 4 is 30.0 Å². The van der Waals surface area contributed by atoms with E-state index in [1.165, 1.54) is 0 Å². The van der Waals surface area contributed by atoms with Gasteiger partial charge in [-0.25, -0.2) is 0 Å². The number of halogens is 1. The highest BCUT2D eigenvalue weighted by atomic mass is 35.5. The zero-order valence-corrected chi connectivity index (χ0v) is 9.03. The van der Waals surface area contributed by atoms with Crippen LogP contribution in [0.25, 0.3) is 0 Å². The number of alkyl halides is 1. The number of carbonyl (C=O) groups excluding carboxylic acids is 1. The van der Waals surface area contributed by atoms with Gasteiger partial charge in [0.2, 0.25) is 0 Å². The van der Waals surface area contributed by atoms with Crippen LogP contribution in [0, 0.1) is 6.92 Å². The Balaban J connectivity index is 2.83. The predicted molar refractivity (Wildman–Crippen MR) is 57.9 cm³/mol. The molecule has 0 N–H and O–H groups in total. The van der Waals surface area contributed by atoms with Crippen molar-refractivity contribution in [2.45, 2.75) is 18.2 Å². The van der Waals surface area contributed by atoms with E-state index in [4.69, 9.17) is 11.6 Å². The lowest BCUT2D eigenvalue weighted by atomic mass is 10.0. The Labute approximate surface area is 88.5 Å². The van der Waals surface area contributed by atoms with E-state index in [9.17, 15) is 4.79 Å². The molecular weight excluding hydrogens is 204 g/mol. The number of ketones is 1. The van der Waals surface area contributed by atoms with Crippen LogP contribution in [0.4, 0.5) is 0 Å². The third-order valence-electron chi connectivity index (χ3n) is 1.86. The van der Waals surface area contributed by atoms with Gasteiger partial charge >= 0.3 is 0 Å². The SMILES string of the molecule is Cc1cc(S)ccc1CC(=O)CCl. The summed E-state index contributed by atoms with van der Waals surface area (Å²) < 4.78 is 0. The lowest BCUT2D eigenvalue weighted by Crippen LogP contribution is -2.04. The Morgan fingerprint density at radius 3 is 2.77 bits per heavy atom. The van der Waals surface area contributed by atoms with E-state index >= 15 is 0 Å². The summed E-state index contributed by atoms with van der Waals surface area (Å²) >= 11 is 9.62. The summed E-state index contributed by atoms with van der Waals surface area (Å²) in [6.07, 6.45) is 0.420. The molecule has 0 saturated heterocycles. The molecule has 0 aliphatic heterocycles. The van der Waals surface area contributed by atoms with E-state index in [-0.39, 0.29) is 11.7 Å². The second kappa shape index (κ2) is 4.68. The first-order valence-corrected chi connectivity index (χ1v) is 4.98. The smallest absolute Gasteiger partial charge is 0.151 e. The van der Waals surface area contributed by atoms with Crippen molar-refractivity contribution < 1.29 is 4.79 Å². The molecule has 0 atom stereocenters. The van der Waals surface area contributed by atoms with Crippen molar-refractivity contribution in [1.29, 1.82) is 0 Å². The second-order valence-corrected chi connectivity index (χ2v) is 3.74. The molecule has 0 heterocycles. The van der Waals surface area contributed by atoms with Crippen molar-refractivity contribution in [3.63, 3.8) is 0 Å². The molecule has 1 rings (SSSR count). The average molecular weight is 215 g/mol. The Morgan fingerprint density at radius 1 is 1.54 bits per heavy atom. The number of Topliss-reactive ketones (excluding diaryl/α,β-unsaturated/α-hetero) is 1. The first-order valence-electron chi connectivity index (χ1n) is 3.99. The molecule has 0 bridgehead atoms. The van der Waals surface area contributed by atoms with Crippen LogP contribution in [0.5, 0.6) is 0 Å². The van der Waals surface area contributed by atoms with Crippen molar-refractivity contribution in [2.24, 2.45) is 0 Å². The maximum Gasteiger partial charge on any atom is 0.151 e. The van der Waals surface area contributed by atoms with Gasteiger partial charge < -0.3 is 0 Å². The van der Waals surface area contributed by atoms with Crippen LogP contribution in [0.1, 0.15) is 11.1 Å². The zero-order chi connectivity index (χ0) is 9.84. The zero-order valence-electron chi connectivity index (χ0n) is 7.38. The highest BCUT2D eigenvalue weighted by Gasteiger charge is 2.04. The lowest BCUT2D eigenvalue weighted by Gasteiger charge is -2.04. The fourth-order valence-corrected chi connectivity index (χ4v) is 1.50. The average Bonchev–Trinajstić information content (AvgIpc) is 2.09. The number of hydrogen-bond donors (Lipinski definition) is 1. The lowest BCUT2D eigenvalue weighted by molar-refractivity contribution is -0.116. The molecule has 70 valence electrons. The van der Waals surface area contributed by atoms with Crippen LogP contribution < -0.4 is 0 Å². The summed E-state index contributed by atoms with van der Waals surface area (Å²) in [5.41, 5.74) is 2.12. The maximum absolute atomic E-state index is 11.1. The normalized spacial score (nSPS) is 10.1. The van der Waals surface area contributed by atoms with E-state index in [0.717, 1.165) is 16.0 Å². The van der Waals surface area contributed by atoms with Crippen molar-refractivity contribution in [2.75, 3.05) is 5.88 Å². The third kappa shape index (κ3) is 3.05. The molecule has 0 aliphatic carbocycles. The van der Waals surface area contributed by atoms with E-state index in [0.29, 0.717) is 6.42 Å². The highest BCUT2D eigenvalue weighted by molar-refractivity contribution is 7.80. The molecular formula is C10H11ClOS. The Kier molecular flexibility index (Phi) is 3.82. The Hall–Kier alpha value is -0.470. The third-order valence-corrected chi connectivity index (χ3v) is 2.44. The summed E-state index contributed by atoms with van der Waals surface area (Å²) in [4.78, 5) is 12.0. The van der Waals surface area contributed by atoms with Gasteiger partial charge in [-0.2, -0.15) is 0 Å². The molecule has 0 amide bonds. The highest BCUT2D eigenvalue weighted by Crippen LogP contribution is 2.14. The van der Waals surface area contributed by atoms with Gasteiger partial charge in [-0.05, 0) is 30.2 Å². The molecule has 0 aliphatic rings. The minimum absolute atomic E-state index is 0.0525. The number of benzene rings is 1. The second-order valence-electron chi connectivity index (χ2n) is 2.96. The quantitative estimate of drug-likeness (QED) is 0.605. The van der Waals surface area contributed by atoms with Gasteiger partial charge in [0, 0.05) is 11.3 Å². The summed E-state index contributed by atoms with van der Waals surface area (Å²) in [5.74, 6) is 0.138. The van der Waals surface area contributed by atoms with Crippen LogP contribution in [0.3, 0.4) is 0 Å². The molecule has 0 radical (unpaired) electrons. The first kappa shape index (κ1) is 10.6. The molecule has 1 aromatic rings. The van der Waals surface area contributed by atoms with Gasteiger partial charge in [0.05, 0.1) is 5.88 Å². The van der Waals surface area contributed by atoms with Crippen LogP contribution in [0.2, 0.25) is 0 Å². The van der Waals surface area contributed by atoms with Gasteiger partial charge in [0.15, 0.2) is 5.78 Å². The number of aryl methyl sites for hydroxylation is 1. The minimum Gasteiger partial charge on any atom is -0.298 e. The number of hydrogen-bond acceptors (Lipinski definition) is 2. The molecule has 0 spiro atoms. The molecule has 3 heteroatoms. The maximum atomic E-state index is 11.1. The molecule has 1 aromatic carbocycles.